The number of pyridine rings is 1. The van der Waals surface area contributed by atoms with E-state index in [4.69, 9.17) is 0 Å². The van der Waals surface area contributed by atoms with Gasteiger partial charge in [0.1, 0.15) is 5.82 Å². The molecule has 8 heteroatoms. The molecule has 0 unspecified atom stereocenters. The molecule has 21 heavy (non-hydrogen) atoms. The summed E-state index contributed by atoms with van der Waals surface area (Å²) in [5.74, 6) is 0.380. The van der Waals surface area contributed by atoms with Gasteiger partial charge in [0, 0.05) is 30.4 Å². The summed E-state index contributed by atoms with van der Waals surface area (Å²) in [6, 6.07) is 7.41. The second-order valence-electron chi connectivity index (χ2n) is 4.39. The Hall–Kier alpha value is -3.03. The van der Waals surface area contributed by atoms with Crippen LogP contribution >= 0.6 is 0 Å². The highest BCUT2D eigenvalue weighted by molar-refractivity contribution is 5.49. The molecule has 0 radical (unpaired) electrons. The Labute approximate surface area is 119 Å². The third-order valence-electron chi connectivity index (χ3n) is 2.89. The fourth-order valence-corrected chi connectivity index (χ4v) is 1.73. The van der Waals surface area contributed by atoms with Gasteiger partial charge in [0.25, 0.3) is 11.4 Å². The van der Waals surface area contributed by atoms with E-state index in [-0.39, 0.29) is 11.4 Å². The Morgan fingerprint density at radius 1 is 1.14 bits per heavy atom. The summed E-state index contributed by atoms with van der Waals surface area (Å²) in [5.41, 5.74) is 1.31. The maximum absolute atomic E-state index is 10.8. The van der Waals surface area contributed by atoms with Crippen LogP contribution in [-0.2, 0) is 6.54 Å². The number of nitrogens with zero attached hydrogens (tertiary/aromatic N) is 3. The average Bonchev–Trinajstić information content (AvgIpc) is 2.46. The first-order valence-corrected chi connectivity index (χ1v) is 6.05. The third-order valence-corrected chi connectivity index (χ3v) is 2.89. The van der Waals surface area contributed by atoms with Crippen LogP contribution in [0.15, 0.2) is 36.5 Å². The average molecular weight is 288 g/mol. The van der Waals surface area contributed by atoms with E-state index in [0.717, 1.165) is 5.56 Å². The minimum absolute atomic E-state index is 0.00352. The Bertz CT molecular complexity index is 685. The Morgan fingerprint density at radius 3 is 2.38 bits per heavy atom. The first-order chi connectivity index (χ1) is 9.97. The van der Waals surface area contributed by atoms with Crippen molar-refractivity contribution in [2.75, 3.05) is 5.32 Å². The fourth-order valence-electron chi connectivity index (χ4n) is 1.73. The van der Waals surface area contributed by atoms with E-state index < -0.39 is 9.85 Å². The molecule has 0 spiro atoms. The molecule has 0 saturated carbocycles. The molecule has 0 fully saturated rings. The number of nitro benzene ring substituents is 1. The van der Waals surface area contributed by atoms with Crippen LogP contribution in [0.5, 0.6) is 0 Å². The van der Waals surface area contributed by atoms with E-state index >= 15 is 0 Å². The normalized spacial score (nSPS) is 10.1. The molecule has 1 aromatic heterocycles. The number of nitro groups is 2. The van der Waals surface area contributed by atoms with Gasteiger partial charge in [-0.15, -0.1) is 0 Å². The van der Waals surface area contributed by atoms with Crippen LogP contribution in [-0.4, -0.2) is 14.8 Å². The largest absolute Gasteiger partial charge is 0.366 e. The number of hydrogen-bond donors (Lipinski definition) is 1. The number of aryl methyl sites for hydroxylation is 1. The molecule has 0 saturated heterocycles. The van der Waals surface area contributed by atoms with Crippen LogP contribution in [0, 0.1) is 27.2 Å². The van der Waals surface area contributed by atoms with Crippen molar-refractivity contribution in [3.05, 3.63) is 67.9 Å². The van der Waals surface area contributed by atoms with Crippen molar-refractivity contribution in [3.8, 4) is 0 Å². The molecular formula is C13H12N4O4. The van der Waals surface area contributed by atoms with Crippen LogP contribution in [0.2, 0.25) is 0 Å². The lowest BCUT2D eigenvalue weighted by Gasteiger charge is -2.06. The number of rotatable bonds is 5. The molecule has 0 atom stereocenters. The van der Waals surface area contributed by atoms with E-state index in [1.54, 1.807) is 19.1 Å². The predicted octanol–water partition coefficient (Wildman–Crippen LogP) is 2.82. The molecule has 2 rings (SSSR count). The molecular weight excluding hydrogens is 276 g/mol. The van der Waals surface area contributed by atoms with Gasteiger partial charge in [-0.25, -0.2) is 4.98 Å². The van der Waals surface area contributed by atoms with Gasteiger partial charge in [0.15, 0.2) is 0 Å². The number of hydrogen-bond acceptors (Lipinski definition) is 6. The molecule has 8 nitrogen and oxygen atoms in total. The maximum Gasteiger partial charge on any atom is 0.277 e. The first-order valence-electron chi connectivity index (χ1n) is 6.05. The van der Waals surface area contributed by atoms with Gasteiger partial charge < -0.3 is 5.32 Å². The summed E-state index contributed by atoms with van der Waals surface area (Å²) < 4.78 is 0. The maximum atomic E-state index is 10.8. The quantitative estimate of drug-likeness (QED) is 0.668. The van der Waals surface area contributed by atoms with Gasteiger partial charge in [0.2, 0.25) is 0 Å². The van der Waals surface area contributed by atoms with E-state index in [9.17, 15) is 20.2 Å². The van der Waals surface area contributed by atoms with Gasteiger partial charge in [0.05, 0.1) is 15.9 Å². The van der Waals surface area contributed by atoms with E-state index in [1.807, 2.05) is 0 Å². The van der Waals surface area contributed by atoms with Crippen molar-refractivity contribution in [3.63, 3.8) is 0 Å². The standard InChI is InChI=1S/C13H12N4O4/c1-9-7-14-13(6-12(9)17(20)21)15-8-10-2-4-11(5-3-10)16(18)19/h2-7H,8H2,1H3,(H,14,15). The lowest BCUT2D eigenvalue weighted by Crippen LogP contribution is -2.03. The molecule has 1 heterocycles. The molecule has 2 aromatic rings. The van der Waals surface area contributed by atoms with E-state index in [0.29, 0.717) is 17.9 Å². The van der Waals surface area contributed by atoms with Crippen LogP contribution in [0.4, 0.5) is 17.2 Å². The van der Waals surface area contributed by atoms with Gasteiger partial charge in [-0.05, 0) is 12.5 Å². The number of non-ortho nitro benzene ring substituents is 1. The summed E-state index contributed by atoms with van der Waals surface area (Å²) in [5, 5.41) is 24.3. The summed E-state index contributed by atoms with van der Waals surface area (Å²) >= 11 is 0. The minimum Gasteiger partial charge on any atom is -0.366 e. The first kappa shape index (κ1) is 14.4. The zero-order valence-corrected chi connectivity index (χ0v) is 11.1. The highest BCUT2D eigenvalue weighted by Gasteiger charge is 2.12. The lowest BCUT2D eigenvalue weighted by molar-refractivity contribution is -0.385. The molecule has 0 aliphatic heterocycles. The van der Waals surface area contributed by atoms with Crippen molar-refractivity contribution in [2.24, 2.45) is 0 Å². The molecule has 1 N–H and O–H groups in total. The number of anilines is 1. The van der Waals surface area contributed by atoms with Crippen LogP contribution in [0.3, 0.4) is 0 Å². The summed E-state index contributed by atoms with van der Waals surface area (Å²) in [6.07, 6.45) is 1.43. The SMILES string of the molecule is Cc1cnc(NCc2ccc([N+](=O)[O-])cc2)cc1[N+](=O)[O-]. The summed E-state index contributed by atoms with van der Waals surface area (Å²) in [6.45, 7) is 1.98. The van der Waals surface area contributed by atoms with Crippen LogP contribution < -0.4 is 5.32 Å². The Morgan fingerprint density at radius 2 is 1.81 bits per heavy atom. The van der Waals surface area contributed by atoms with Gasteiger partial charge in [-0.3, -0.25) is 20.2 Å². The van der Waals surface area contributed by atoms with Crippen molar-refractivity contribution in [1.29, 1.82) is 0 Å². The number of nitrogens with one attached hydrogen (secondary N) is 1. The highest BCUT2D eigenvalue weighted by Crippen LogP contribution is 2.20. The number of benzene rings is 1. The molecule has 1 aromatic carbocycles. The van der Waals surface area contributed by atoms with Crippen LogP contribution in [0.1, 0.15) is 11.1 Å². The lowest BCUT2D eigenvalue weighted by atomic mass is 10.2. The van der Waals surface area contributed by atoms with E-state index in [1.165, 1.54) is 24.4 Å². The smallest absolute Gasteiger partial charge is 0.277 e. The van der Waals surface area contributed by atoms with E-state index in [2.05, 4.69) is 10.3 Å². The Balaban J connectivity index is 2.07. The van der Waals surface area contributed by atoms with Crippen molar-refractivity contribution in [2.45, 2.75) is 13.5 Å². The minimum atomic E-state index is -0.470. The molecule has 0 aliphatic rings. The highest BCUT2D eigenvalue weighted by atomic mass is 16.6. The van der Waals surface area contributed by atoms with Crippen molar-refractivity contribution < 1.29 is 9.85 Å². The van der Waals surface area contributed by atoms with Crippen LogP contribution in [0.25, 0.3) is 0 Å². The predicted molar refractivity (Wildman–Crippen MR) is 76.1 cm³/mol. The zero-order chi connectivity index (χ0) is 15.4. The summed E-state index contributed by atoms with van der Waals surface area (Å²) in [7, 11) is 0. The second kappa shape index (κ2) is 5.95. The zero-order valence-electron chi connectivity index (χ0n) is 11.1. The second-order valence-corrected chi connectivity index (χ2v) is 4.39. The van der Waals surface area contributed by atoms with Crippen molar-refractivity contribution in [1.82, 2.24) is 4.98 Å². The number of aromatic nitrogens is 1. The Kier molecular flexibility index (Phi) is 4.07. The van der Waals surface area contributed by atoms with Gasteiger partial charge in [-0.2, -0.15) is 0 Å². The monoisotopic (exact) mass is 288 g/mol. The third kappa shape index (κ3) is 3.50. The fraction of sp³-hybridized carbons (Fsp3) is 0.154. The molecule has 0 bridgehead atoms. The molecule has 0 aliphatic carbocycles. The molecule has 0 amide bonds. The van der Waals surface area contributed by atoms with Gasteiger partial charge in [-0.1, -0.05) is 12.1 Å². The topological polar surface area (TPSA) is 111 Å². The van der Waals surface area contributed by atoms with Gasteiger partial charge >= 0.3 is 0 Å². The summed E-state index contributed by atoms with van der Waals surface area (Å²) in [4.78, 5) is 24.5. The molecule has 108 valence electrons. The van der Waals surface area contributed by atoms with Crippen molar-refractivity contribution >= 4 is 17.2 Å².